The van der Waals surface area contributed by atoms with Gasteiger partial charge in [-0.1, -0.05) is 6.07 Å². The summed E-state index contributed by atoms with van der Waals surface area (Å²) in [6.07, 6.45) is 1.96. The molecule has 1 amide bonds. The third-order valence-electron chi connectivity index (χ3n) is 5.10. The van der Waals surface area contributed by atoms with Gasteiger partial charge < -0.3 is 19.4 Å². The largest absolute Gasteiger partial charge is 0.497 e. The van der Waals surface area contributed by atoms with Crippen LogP contribution in [0.5, 0.6) is 5.75 Å². The molecule has 0 radical (unpaired) electrons. The zero-order valence-corrected chi connectivity index (χ0v) is 16.7. The highest BCUT2D eigenvalue weighted by atomic mass is 19.1. The van der Waals surface area contributed by atoms with Gasteiger partial charge in [0.05, 0.1) is 25.0 Å². The highest BCUT2D eigenvalue weighted by molar-refractivity contribution is 6.18. The molecule has 6 nitrogen and oxygen atoms in total. The molecule has 4 rings (SSSR count). The molecule has 0 saturated heterocycles. The lowest BCUT2D eigenvalue weighted by molar-refractivity contribution is -0.136. The van der Waals surface area contributed by atoms with Crippen molar-refractivity contribution in [3.63, 3.8) is 0 Å². The smallest absolute Gasteiger partial charge is 0.341 e. The first-order chi connectivity index (χ1) is 14.5. The number of carbonyl (C=O) groups excluding carboxylic acids is 2. The number of nitrogens with zero attached hydrogens (tertiary/aromatic N) is 1. The number of carbonyl (C=O) groups is 2. The zero-order chi connectivity index (χ0) is 21.3. The van der Waals surface area contributed by atoms with Crippen LogP contribution in [0.3, 0.4) is 0 Å². The summed E-state index contributed by atoms with van der Waals surface area (Å²) in [5.74, 6) is -0.607. The normalized spacial score (nSPS) is 13.4. The van der Waals surface area contributed by atoms with Crippen LogP contribution in [0.4, 0.5) is 4.39 Å². The molecule has 2 heterocycles. The summed E-state index contributed by atoms with van der Waals surface area (Å²) < 4.78 is 24.3. The van der Waals surface area contributed by atoms with Crippen LogP contribution in [0, 0.1) is 5.82 Å². The van der Waals surface area contributed by atoms with Crippen molar-refractivity contribution in [1.82, 2.24) is 9.88 Å². The molecule has 0 saturated carbocycles. The molecule has 30 heavy (non-hydrogen) atoms. The monoisotopic (exact) mass is 408 g/mol. The summed E-state index contributed by atoms with van der Waals surface area (Å²) >= 11 is 0. The summed E-state index contributed by atoms with van der Waals surface area (Å²) in [6, 6.07) is 11.3. The number of rotatable bonds is 4. The fourth-order valence-corrected chi connectivity index (χ4v) is 3.67. The number of nitrogens with one attached hydrogen (secondary N) is 1. The fraction of sp³-hybridized carbons (Fsp3) is 0.217. The molecule has 0 atom stereocenters. The van der Waals surface area contributed by atoms with Crippen LogP contribution >= 0.6 is 0 Å². The second-order valence-corrected chi connectivity index (χ2v) is 6.91. The fourth-order valence-electron chi connectivity index (χ4n) is 3.67. The Hall–Kier alpha value is -3.61. The topological polar surface area (TPSA) is 71.6 Å². The van der Waals surface area contributed by atoms with E-state index in [0.29, 0.717) is 35.4 Å². The molecule has 0 aliphatic carbocycles. The van der Waals surface area contributed by atoms with E-state index >= 15 is 0 Å². The summed E-state index contributed by atoms with van der Waals surface area (Å²) in [7, 11) is 1.53. The average molecular weight is 408 g/mol. The van der Waals surface area contributed by atoms with Gasteiger partial charge in [0, 0.05) is 29.2 Å². The van der Waals surface area contributed by atoms with Gasteiger partial charge >= 0.3 is 5.97 Å². The van der Waals surface area contributed by atoms with E-state index in [9.17, 15) is 14.0 Å². The van der Waals surface area contributed by atoms with Crippen molar-refractivity contribution in [2.24, 2.45) is 0 Å². The Morgan fingerprint density at radius 1 is 1.20 bits per heavy atom. The molecule has 7 heteroatoms. The maximum atomic E-state index is 13.9. The average Bonchev–Trinajstić information content (AvgIpc) is 2.99. The number of aromatic nitrogens is 1. The Kier molecular flexibility index (Phi) is 5.27. The van der Waals surface area contributed by atoms with Gasteiger partial charge in [-0.3, -0.25) is 4.79 Å². The summed E-state index contributed by atoms with van der Waals surface area (Å²) in [4.78, 5) is 30.5. The Balaban J connectivity index is 1.79. The molecule has 3 aromatic rings. The second-order valence-electron chi connectivity index (χ2n) is 6.91. The lowest BCUT2D eigenvalue weighted by atomic mass is 10.0. The maximum absolute atomic E-state index is 13.9. The SMILES string of the molecule is CCOC(=O)C1=CN(C(=O)c2cccc(OC)c2)CCc2c1[nH]c1ccc(F)cc21. The predicted molar refractivity (Wildman–Crippen MR) is 111 cm³/mol. The number of hydrogen-bond acceptors (Lipinski definition) is 4. The van der Waals surface area contributed by atoms with Crippen molar-refractivity contribution in [3.05, 3.63) is 71.3 Å². The van der Waals surface area contributed by atoms with E-state index in [-0.39, 0.29) is 23.9 Å². The molecule has 0 spiro atoms. The quantitative estimate of drug-likeness (QED) is 0.665. The molecule has 1 aromatic heterocycles. The molecule has 0 fully saturated rings. The molecular weight excluding hydrogens is 387 g/mol. The first-order valence-corrected chi connectivity index (χ1v) is 9.66. The predicted octanol–water partition coefficient (Wildman–Crippen LogP) is 3.92. The summed E-state index contributed by atoms with van der Waals surface area (Å²) in [6.45, 7) is 2.25. The number of H-pyrrole nitrogens is 1. The van der Waals surface area contributed by atoms with E-state index < -0.39 is 5.97 Å². The van der Waals surface area contributed by atoms with Gasteiger partial charge in [-0.2, -0.15) is 0 Å². The van der Waals surface area contributed by atoms with E-state index in [4.69, 9.17) is 9.47 Å². The minimum atomic E-state index is -0.545. The van der Waals surface area contributed by atoms with E-state index in [1.54, 1.807) is 37.3 Å². The maximum Gasteiger partial charge on any atom is 0.341 e. The molecule has 1 N–H and O–H groups in total. The Morgan fingerprint density at radius 2 is 2.03 bits per heavy atom. The van der Waals surface area contributed by atoms with Crippen LogP contribution in [0.15, 0.2) is 48.7 Å². The number of methoxy groups -OCH3 is 1. The number of esters is 1. The van der Waals surface area contributed by atoms with Gasteiger partial charge in [-0.05, 0) is 55.3 Å². The van der Waals surface area contributed by atoms with Crippen molar-refractivity contribution >= 4 is 28.4 Å². The summed E-state index contributed by atoms with van der Waals surface area (Å²) in [5.41, 5.74) is 2.73. The van der Waals surface area contributed by atoms with Gasteiger partial charge in [0.15, 0.2) is 0 Å². The number of hydrogen-bond donors (Lipinski definition) is 1. The number of halogens is 1. The van der Waals surface area contributed by atoms with Crippen LogP contribution < -0.4 is 4.74 Å². The highest BCUT2D eigenvalue weighted by Gasteiger charge is 2.28. The first kappa shape index (κ1) is 19.7. The molecule has 0 bridgehead atoms. The van der Waals surface area contributed by atoms with Gasteiger partial charge in [0.2, 0.25) is 0 Å². The van der Waals surface area contributed by atoms with Crippen LogP contribution in [0.1, 0.15) is 28.5 Å². The third kappa shape index (κ3) is 3.54. The van der Waals surface area contributed by atoms with Gasteiger partial charge in [0.25, 0.3) is 5.91 Å². The molecule has 1 aliphatic rings. The molecular formula is C23H21FN2O4. The van der Waals surface area contributed by atoms with Crippen LogP contribution in [-0.2, 0) is 16.0 Å². The van der Waals surface area contributed by atoms with Crippen molar-refractivity contribution in [2.75, 3.05) is 20.3 Å². The van der Waals surface area contributed by atoms with Gasteiger partial charge in [-0.15, -0.1) is 0 Å². The van der Waals surface area contributed by atoms with E-state index in [2.05, 4.69) is 4.98 Å². The van der Waals surface area contributed by atoms with Crippen molar-refractivity contribution in [1.29, 1.82) is 0 Å². The number of amides is 1. The van der Waals surface area contributed by atoms with E-state index in [1.807, 2.05) is 0 Å². The van der Waals surface area contributed by atoms with E-state index in [0.717, 1.165) is 11.1 Å². The van der Waals surface area contributed by atoms with Crippen molar-refractivity contribution in [3.8, 4) is 5.75 Å². The number of ether oxygens (including phenoxy) is 2. The number of fused-ring (bicyclic) bond motifs is 3. The second kappa shape index (κ2) is 8.02. The first-order valence-electron chi connectivity index (χ1n) is 9.66. The lowest BCUT2D eigenvalue weighted by Crippen LogP contribution is -2.28. The molecule has 0 unspecified atom stereocenters. The Labute approximate surface area is 172 Å². The van der Waals surface area contributed by atoms with Gasteiger partial charge in [0.1, 0.15) is 11.6 Å². The highest BCUT2D eigenvalue weighted by Crippen LogP contribution is 2.32. The van der Waals surface area contributed by atoms with Crippen LogP contribution in [0.25, 0.3) is 16.5 Å². The Morgan fingerprint density at radius 3 is 2.80 bits per heavy atom. The third-order valence-corrected chi connectivity index (χ3v) is 5.10. The lowest BCUT2D eigenvalue weighted by Gasteiger charge is -2.18. The number of benzene rings is 2. The Bertz CT molecular complexity index is 1170. The minimum absolute atomic E-state index is 0.199. The van der Waals surface area contributed by atoms with Crippen molar-refractivity contribution in [2.45, 2.75) is 13.3 Å². The van der Waals surface area contributed by atoms with Gasteiger partial charge in [-0.25, -0.2) is 9.18 Å². The summed E-state index contributed by atoms with van der Waals surface area (Å²) in [5, 5.41) is 0.691. The standard InChI is InChI=1S/C23H21FN2O4/c1-3-30-23(28)19-13-26(22(27)14-5-4-6-16(11-14)29-2)10-9-17-18-12-15(24)7-8-20(18)25-21(17)19/h4-8,11-13,25H,3,9-10H2,1-2H3. The molecule has 154 valence electrons. The van der Waals surface area contributed by atoms with E-state index in [1.165, 1.54) is 30.3 Å². The molecule has 1 aliphatic heterocycles. The minimum Gasteiger partial charge on any atom is -0.497 e. The van der Waals surface area contributed by atoms with Crippen LogP contribution in [-0.4, -0.2) is 42.0 Å². The number of aromatic amines is 1. The zero-order valence-electron chi connectivity index (χ0n) is 16.7. The van der Waals surface area contributed by atoms with Crippen LogP contribution in [0.2, 0.25) is 0 Å². The van der Waals surface area contributed by atoms with Crippen molar-refractivity contribution < 1.29 is 23.5 Å². The molecule has 2 aromatic carbocycles.